The van der Waals surface area contributed by atoms with E-state index in [0.717, 1.165) is 0 Å². The van der Waals surface area contributed by atoms with E-state index >= 15 is 0 Å². The maximum atomic E-state index is 14.7. The number of aromatic hydroxyl groups is 1. The molecule has 0 fully saturated rings. The van der Waals surface area contributed by atoms with Crippen LogP contribution in [0.15, 0.2) is 54.6 Å². The molecule has 0 saturated carbocycles. The van der Waals surface area contributed by atoms with Crippen LogP contribution < -0.4 is 86.3 Å². The normalized spacial score (nSPS) is 14.9. The molecule has 0 heterocycles. The molecule has 2 aromatic rings. The molecule has 0 radical (unpaired) electrons. The van der Waals surface area contributed by atoms with E-state index in [0.29, 0.717) is 11.1 Å². The van der Waals surface area contributed by atoms with Gasteiger partial charge in [-0.15, -0.1) is 0 Å². The Labute approximate surface area is 708 Å². The van der Waals surface area contributed by atoms with Gasteiger partial charge in [-0.3, -0.25) is 101 Å². The number of benzene rings is 2. The molecule has 0 aromatic heterocycles. The van der Waals surface area contributed by atoms with Crippen molar-refractivity contribution in [3.8, 4) is 5.75 Å². The molecule has 48 heteroatoms. The summed E-state index contributed by atoms with van der Waals surface area (Å²) in [6.07, 6.45) is -14.7. The van der Waals surface area contributed by atoms with Gasteiger partial charge in [-0.25, -0.2) is 4.79 Å². The second-order valence-corrected chi connectivity index (χ2v) is 29.3. The third-order valence-corrected chi connectivity index (χ3v) is 18.8. The number of primary amides is 1. The minimum absolute atomic E-state index is 0.0507. The second-order valence-electron chi connectivity index (χ2n) is 29.3. The fourth-order valence-corrected chi connectivity index (χ4v) is 11.7. The van der Waals surface area contributed by atoms with Gasteiger partial charge in [-0.1, -0.05) is 76.6 Å². The van der Waals surface area contributed by atoms with Crippen LogP contribution in [0, 0.1) is 11.8 Å². The second kappa shape index (κ2) is 54.0. The number of nitrogens with two attached hydrogens (primary N) is 3. The van der Waals surface area contributed by atoms with Crippen molar-refractivity contribution in [1.82, 2.24) is 69.1 Å². The van der Waals surface area contributed by atoms with Crippen LogP contribution in [-0.2, 0) is 118 Å². The number of phenolic OH excluding ortho intramolecular Hbond substituents is 1. The molecule has 0 aliphatic rings. The lowest BCUT2D eigenvalue weighted by molar-refractivity contribution is -0.148. The van der Waals surface area contributed by atoms with Crippen LogP contribution in [0.3, 0.4) is 0 Å². The maximum Gasteiger partial charge on any atom is 0.326 e. The number of phenols is 1. The van der Waals surface area contributed by atoms with E-state index in [1.165, 1.54) is 45.0 Å². The molecule has 124 heavy (non-hydrogen) atoms. The molecule has 0 aliphatic heterocycles. The molecular formula is C76H110N16O32. The molecule has 0 aliphatic carbocycles. The third-order valence-electron chi connectivity index (χ3n) is 18.8. The first kappa shape index (κ1) is 107. The van der Waals surface area contributed by atoms with Crippen LogP contribution in [0.25, 0.3) is 0 Å². The maximum absolute atomic E-state index is 14.7. The number of carboxylic acids is 8. The molecular weight excluding hydrogens is 1650 g/mol. The van der Waals surface area contributed by atoms with Crippen LogP contribution in [-0.4, -0.2) is 279 Å². The van der Waals surface area contributed by atoms with Crippen LogP contribution in [0.2, 0.25) is 0 Å². The molecule has 16 atom stereocenters. The van der Waals surface area contributed by atoms with E-state index < -0.39 is 323 Å². The summed E-state index contributed by atoms with van der Waals surface area (Å²) in [4.78, 5) is 292. The average Bonchev–Trinajstić information content (AvgIpc) is 0.844. The molecule has 0 saturated heterocycles. The largest absolute Gasteiger partial charge is 0.508 e. The number of aliphatic hydroxyl groups excluding tert-OH is 1. The standard InChI is InChI=1S/C76H110N16O32/c1-6-36(4)62(92-72(119)48(88-73(120)60(79)37(5)93)31-39-15-17-40(94)18-16-39)75(122)89-47(30-38-12-8-7-9-13-38)69(116)84-46(23-28-56(102)103)68(115)91-61(35(2)3)74(121)85-45(22-27-55(100)101)67(114)86-49(32-57(104)105)70(117)83-42(19-24-52(78)95)64(111)80-41(14-10-11-29-77)63(110)81-43(20-25-53(96)97)65(112)82-44(21-26-54(98)99)66(113)87-50(33-58(106)107)71(118)90-51(76(123)124)34-59(108)109/h7-9,12-13,15-18,35-37,41-51,60-62,93-94H,6,10-11,14,19-34,77,79H2,1-5H3,(H2,78,95)(H,80,111)(H,81,110)(H,82,112)(H,83,117)(H,84,116)(H,85,121)(H,86,114)(H,87,113)(H,88,120)(H,89,122)(H,90,118)(H,91,115)(H,92,119)(H,96,97)(H,98,99)(H,100,101)(H,102,103)(H,104,105)(H,106,107)(H,108,109)(H,123,124)/t36-,37+,41-,42-,43-,44-,45-,46-,47-,48-,49-,50-,51-,60-,61-,62-/m0/s1. The summed E-state index contributed by atoms with van der Waals surface area (Å²) in [7, 11) is 0. The molecule has 2 aromatic carbocycles. The lowest BCUT2D eigenvalue weighted by Gasteiger charge is -2.30. The van der Waals surface area contributed by atoms with E-state index in [-0.39, 0.29) is 44.4 Å². The van der Waals surface area contributed by atoms with Crippen molar-refractivity contribution in [2.45, 2.75) is 247 Å². The van der Waals surface area contributed by atoms with Gasteiger partial charge in [0.1, 0.15) is 90.3 Å². The Kier molecular flexibility index (Phi) is 46.4. The Morgan fingerprint density at radius 3 is 0.968 bits per heavy atom. The number of rotatable bonds is 60. The van der Waals surface area contributed by atoms with Crippen molar-refractivity contribution in [2.24, 2.45) is 29.0 Å². The Morgan fingerprint density at radius 1 is 0.331 bits per heavy atom. The highest BCUT2D eigenvalue weighted by molar-refractivity contribution is 6.02. The molecule has 0 unspecified atom stereocenters. The first-order chi connectivity index (χ1) is 58.1. The van der Waals surface area contributed by atoms with Crippen LogP contribution in [0.4, 0.5) is 0 Å². The van der Waals surface area contributed by atoms with Gasteiger partial charge in [-0.05, 0) is 99.9 Å². The summed E-state index contributed by atoms with van der Waals surface area (Å²) in [5, 5.41) is 126. The number of aliphatic hydroxyl groups is 1. The van der Waals surface area contributed by atoms with Crippen molar-refractivity contribution in [3.05, 3.63) is 65.7 Å². The summed E-state index contributed by atoms with van der Waals surface area (Å²) >= 11 is 0. The summed E-state index contributed by atoms with van der Waals surface area (Å²) in [6.45, 7) is 7.13. The van der Waals surface area contributed by atoms with Gasteiger partial charge in [0.2, 0.25) is 82.7 Å². The fraction of sp³-hybridized carbons (Fsp3) is 0.553. The van der Waals surface area contributed by atoms with Gasteiger partial charge in [0.05, 0.1) is 25.4 Å². The Hall–Kier alpha value is -13.5. The lowest BCUT2D eigenvalue weighted by atomic mass is 9.96. The summed E-state index contributed by atoms with van der Waals surface area (Å²) in [6, 6.07) is -13.4. The molecule has 686 valence electrons. The first-order valence-electron chi connectivity index (χ1n) is 39.0. The molecule has 2 rings (SSSR count). The number of carboxylic acid groups (broad SMARTS) is 8. The fourth-order valence-electron chi connectivity index (χ4n) is 11.7. The summed E-state index contributed by atoms with van der Waals surface area (Å²) < 4.78 is 0. The number of aliphatic carboxylic acids is 8. The lowest BCUT2D eigenvalue weighted by Crippen LogP contribution is -2.62. The quantitative estimate of drug-likeness (QED) is 0.0274. The van der Waals surface area contributed by atoms with E-state index in [9.17, 15) is 151 Å². The van der Waals surface area contributed by atoms with Crippen molar-refractivity contribution >= 4 is 130 Å². The zero-order valence-corrected chi connectivity index (χ0v) is 68.3. The van der Waals surface area contributed by atoms with Gasteiger partial charge < -0.3 is 137 Å². The first-order valence-corrected chi connectivity index (χ1v) is 39.0. The van der Waals surface area contributed by atoms with E-state index in [1.54, 1.807) is 49.5 Å². The number of carbonyl (C=O) groups is 22. The average molecular weight is 1760 g/mol. The smallest absolute Gasteiger partial charge is 0.326 e. The predicted octanol–water partition coefficient (Wildman–Crippen LogP) is -6.75. The van der Waals surface area contributed by atoms with Gasteiger partial charge in [0.15, 0.2) is 0 Å². The number of amides is 14. The van der Waals surface area contributed by atoms with Gasteiger partial charge >= 0.3 is 47.8 Å². The zero-order chi connectivity index (χ0) is 93.9. The molecule has 0 bridgehead atoms. The SMILES string of the molecule is CC[C@H](C)[C@H](NC(=O)[C@H](Cc1ccc(O)cc1)NC(=O)[C@@H](N)[C@@H](C)O)C(=O)N[C@@H](Cc1ccccc1)C(=O)N[C@@H](CCC(=O)O)C(=O)N[C@H](C(=O)N[C@@H](CCC(=O)O)C(=O)N[C@@H](CC(=O)O)C(=O)N[C@@H](CCC(N)=O)C(=O)N[C@@H](CCCCN)C(=O)N[C@@H](CCC(=O)O)C(=O)N[C@@H](CCC(=O)O)C(=O)N[C@@H](CC(=O)O)C(=O)N[C@@H](CC(=O)O)C(=O)O)C(C)C. The molecule has 29 N–H and O–H groups in total. The predicted molar refractivity (Wildman–Crippen MR) is 424 cm³/mol. The van der Waals surface area contributed by atoms with Crippen molar-refractivity contribution < 1.29 is 157 Å². The number of nitrogens with one attached hydrogen (secondary N) is 13. The Morgan fingerprint density at radius 2 is 0.621 bits per heavy atom. The van der Waals surface area contributed by atoms with Crippen molar-refractivity contribution in [1.29, 1.82) is 0 Å². The Balaban J connectivity index is 2.64. The van der Waals surface area contributed by atoms with Gasteiger partial charge in [-0.2, -0.15) is 0 Å². The van der Waals surface area contributed by atoms with Crippen LogP contribution in [0.5, 0.6) is 5.75 Å². The summed E-state index contributed by atoms with van der Waals surface area (Å²) in [5.74, 6) is -33.6. The number of hydrogen-bond donors (Lipinski definition) is 26. The number of unbranched alkanes of at least 4 members (excludes halogenated alkanes) is 1. The third kappa shape index (κ3) is 40.2. The number of carbonyl (C=O) groups excluding carboxylic acids is 14. The molecule has 0 spiro atoms. The molecule has 14 amide bonds. The van der Waals surface area contributed by atoms with Crippen LogP contribution in [0.1, 0.15) is 155 Å². The summed E-state index contributed by atoms with van der Waals surface area (Å²) in [5.41, 5.74) is 17.8. The highest BCUT2D eigenvalue weighted by Crippen LogP contribution is 2.18. The topological polar surface area (TPSA) is 812 Å². The van der Waals surface area contributed by atoms with Crippen molar-refractivity contribution in [3.63, 3.8) is 0 Å². The number of hydrogen-bond acceptors (Lipinski definition) is 26. The monoisotopic (exact) mass is 1760 g/mol. The highest BCUT2D eigenvalue weighted by atomic mass is 16.4. The van der Waals surface area contributed by atoms with E-state index in [1.807, 2.05) is 10.6 Å². The zero-order valence-electron chi connectivity index (χ0n) is 68.3. The van der Waals surface area contributed by atoms with E-state index in [4.69, 9.17) is 22.3 Å². The van der Waals surface area contributed by atoms with Gasteiger partial charge in [0.25, 0.3) is 0 Å². The molecule has 48 nitrogen and oxygen atoms in total. The van der Waals surface area contributed by atoms with E-state index in [2.05, 4.69) is 53.2 Å². The van der Waals surface area contributed by atoms with Gasteiger partial charge in [0, 0.05) is 44.9 Å². The Bertz CT molecular complexity index is 4110. The minimum atomic E-state index is -2.32. The highest BCUT2D eigenvalue weighted by Gasteiger charge is 2.41. The van der Waals surface area contributed by atoms with Crippen molar-refractivity contribution in [2.75, 3.05) is 6.54 Å². The van der Waals surface area contributed by atoms with Crippen LogP contribution >= 0.6 is 0 Å². The minimum Gasteiger partial charge on any atom is -0.508 e.